The lowest BCUT2D eigenvalue weighted by Crippen LogP contribution is -2.52. The minimum atomic E-state index is -0.976. The highest BCUT2D eigenvalue weighted by Crippen LogP contribution is 2.28. The number of nitrogens with zero attached hydrogens (tertiary/aromatic N) is 2. The van der Waals surface area contributed by atoms with E-state index in [0.29, 0.717) is 13.1 Å². The highest BCUT2D eigenvalue weighted by atomic mass is 16.2. The smallest absolute Gasteiger partial charge is 0.238 e. The van der Waals surface area contributed by atoms with Gasteiger partial charge in [-0.2, -0.15) is 0 Å². The van der Waals surface area contributed by atoms with Gasteiger partial charge in [-0.3, -0.25) is 9.59 Å². The molecule has 0 unspecified atom stereocenters. The molecule has 0 aromatic heterocycles. The fraction of sp³-hybridized carbons (Fsp3) is 0.600. The lowest BCUT2D eigenvalue weighted by atomic mass is 9.88. The molecule has 24 heavy (non-hydrogen) atoms. The highest BCUT2D eigenvalue weighted by molar-refractivity contribution is 6.04. The van der Waals surface area contributed by atoms with Crippen molar-refractivity contribution in [2.24, 2.45) is 5.41 Å². The molecule has 2 aliphatic rings. The van der Waals surface area contributed by atoms with Crippen molar-refractivity contribution >= 4 is 11.8 Å². The highest BCUT2D eigenvalue weighted by Gasteiger charge is 2.42. The van der Waals surface area contributed by atoms with Gasteiger partial charge in [0.2, 0.25) is 11.8 Å². The average Bonchev–Trinajstić information content (AvgIpc) is 2.89. The summed E-state index contributed by atoms with van der Waals surface area (Å²) in [7, 11) is 0. The van der Waals surface area contributed by atoms with Gasteiger partial charge < -0.3 is 9.80 Å². The standard InChI is InChI=1S/C20H28N2O2/c1-20(2,18(23)21-12-7-3-4-8-13-21)19(24)22-14-11-16-9-5-6-10-17(16)15-22/h5-6,9-10H,3-4,7-8,11-15H2,1-2H3. The summed E-state index contributed by atoms with van der Waals surface area (Å²) >= 11 is 0. The molecular weight excluding hydrogens is 300 g/mol. The zero-order valence-electron chi connectivity index (χ0n) is 14.9. The van der Waals surface area contributed by atoms with Gasteiger partial charge in [0.25, 0.3) is 0 Å². The Morgan fingerprint density at radius 3 is 2.08 bits per heavy atom. The first-order chi connectivity index (χ1) is 11.5. The van der Waals surface area contributed by atoms with Crippen molar-refractivity contribution in [1.29, 1.82) is 0 Å². The van der Waals surface area contributed by atoms with Crippen molar-refractivity contribution in [3.8, 4) is 0 Å². The Labute approximate surface area is 144 Å². The molecule has 130 valence electrons. The van der Waals surface area contributed by atoms with Crippen LogP contribution in [0.4, 0.5) is 0 Å². The van der Waals surface area contributed by atoms with Gasteiger partial charge in [-0.25, -0.2) is 0 Å². The second-order valence-corrected chi connectivity index (χ2v) is 7.58. The Bertz CT molecular complexity index is 616. The summed E-state index contributed by atoms with van der Waals surface area (Å²) in [5, 5.41) is 0. The Kier molecular flexibility index (Phi) is 4.93. The molecule has 1 aromatic rings. The molecule has 0 aliphatic carbocycles. The largest absolute Gasteiger partial charge is 0.342 e. The van der Waals surface area contributed by atoms with E-state index >= 15 is 0 Å². The molecule has 4 heteroatoms. The predicted molar refractivity (Wildman–Crippen MR) is 94.4 cm³/mol. The predicted octanol–water partition coefficient (Wildman–Crippen LogP) is 3.00. The van der Waals surface area contributed by atoms with Crippen LogP contribution in [0.25, 0.3) is 0 Å². The maximum Gasteiger partial charge on any atom is 0.238 e. The van der Waals surface area contributed by atoms with Crippen LogP contribution in [0.1, 0.15) is 50.7 Å². The molecule has 0 atom stereocenters. The maximum atomic E-state index is 13.1. The summed E-state index contributed by atoms with van der Waals surface area (Å²) in [6.45, 7) is 6.49. The first kappa shape index (κ1) is 17.0. The Balaban J connectivity index is 1.72. The molecule has 2 aliphatic heterocycles. The Morgan fingerprint density at radius 1 is 0.833 bits per heavy atom. The number of hydrogen-bond donors (Lipinski definition) is 0. The molecule has 0 saturated carbocycles. The number of fused-ring (bicyclic) bond motifs is 1. The molecule has 2 amide bonds. The summed E-state index contributed by atoms with van der Waals surface area (Å²) in [5.74, 6) is -0.0421. The first-order valence-corrected chi connectivity index (χ1v) is 9.15. The van der Waals surface area contributed by atoms with Gasteiger partial charge in [-0.1, -0.05) is 37.1 Å². The minimum absolute atomic E-state index is 0.00624. The molecule has 2 heterocycles. The third kappa shape index (κ3) is 3.33. The molecule has 0 bridgehead atoms. The molecule has 0 spiro atoms. The zero-order valence-corrected chi connectivity index (χ0v) is 14.9. The average molecular weight is 328 g/mol. The van der Waals surface area contributed by atoms with Crippen LogP contribution in [0.5, 0.6) is 0 Å². The summed E-state index contributed by atoms with van der Waals surface area (Å²) in [6, 6.07) is 8.27. The van der Waals surface area contributed by atoms with Gasteiger partial charge in [0.15, 0.2) is 0 Å². The van der Waals surface area contributed by atoms with Crippen LogP contribution in [0.2, 0.25) is 0 Å². The lowest BCUT2D eigenvalue weighted by molar-refractivity contribution is -0.154. The minimum Gasteiger partial charge on any atom is -0.342 e. The van der Waals surface area contributed by atoms with Crippen LogP contribution in [-0.4, -0.2) is 41.2 Å². The van der Waals surface area contributed by atoms with Crippen molar-refractivity contribution in [2.45, 2.75) is 52.5 Å². The summed E-state index contributed by atoms with van der Waals surface area (Å²) in [5.41, 5.74) is 1.55. The summed E-state index contributed by atoms with van der Waals surface area (Å²) < 4.78 is 0. The number of carbonyl (C=O) groups is 2. The first-order valence-electron chi connectivity index (χ1n) is 9.15. The number of hydrogen-bond acceptors (Lipinski definition) is 2. The van der Waals surface area contributed by atoms with Crippen LogP contribution in [0, 0.1) is 5.41 Å². The van der Waals surface area contributed by atoms with Crippen LogP contribution in [-0.2, 0) is 22.6 Å². The second-order valence-electron chi connectivity index (χ2n) is 7.58. The molecule has 0 radical (unpaired) electrons. The van der Waals surface area contributed by atoms with Gasteiger partial charge in [0.1, 0.15) is 5.41 Å². The number of amides is 2. The molecule has 4 nitrogen and oxygen atoms in total. The van der Waals surface area contributed by atoms with E-state index < -0.39 is 5.41 Å². The van der Waals surface area contributed by atoms with Gasteiger partial charge in [-0.05, 0) is 44.2 Å². The van der Waals surface area contributed by atoms with E-state index in [0.717, 1.165) is 32.4 Å². The van der Waals surface area contributed by atoms with E-state index in [1.807, 2.05) is 21.9 Å². The summed E-state index contributed by atoms with van der Waals surface area (Å²) in [6.07, 6.45) is 5.33. The number of rotatable bonds is 2. The molecule has 1 fully saturated rings. The fourth-order valence-corrected chi connectivity index (χ4v) is 3.82. The van der Waals surface area contributed by atoms with E-state index in [4.69, 9.17) is 0 Å². The van der Waals surface area contributed by atoms with E-state index in [9.17, 15) is 9.59 Å². The van der Waals surface area contributed by atoms with Crippen LogP contribution >= 0.6 is 0 Å². The molecule has 3 rings (SSSR count). The molecule has 1 aromatic carbocycles. The Hall–Kier alpha value is -1.84. The van der Waals surface area contributed by atoms with Crippen molar-refractivity contribution in [3.63, 3.8) is 0 Å². The van der Waals surface area contributed by atoms with E-state index in [2.05, 4.69) is 12.1 Å². The van der Waals surface area contributed by atoms with E-state index in [1.165, 1.54) is 24.0 Å². The van der Waals surface area contributed by atoms with Crippen LogP contribution in [0.15, 0.2) is 24.3 Å². The second kappa shape index (κ2) is 6.96. The van der Waals surface area contributed by atoms with E-state index in [1.54, 1.807) is 13.8 Å². The normalized spacial score (nSPS) is 18.8. The van der Waals surface area contributed by atoms with Gasteiger partial charge >= 0.3 is 0 Å². The van der Waals surface area contributed by atoms with Gasteiger partial charge in [-0.15, -0.1) is 0 Å². The number of likely N-dealkylation sites (tertiary alicyclic amines) is 1. The third-order valence-corrected chi connectivity index (χ3v) is 5.38. The zero-order chi connectivity index (χ0) is 17.2. The van der Waals surface area contributed by atoms with E-state index in [-0.39, 0.29) is 11.8 Å². The van der Waals surface area contributed by atoms with Crippen LogP contribution in [0.3, 0.4) is 0 Å². The quantitative estimate of drug-likeness (QED) is 0.783. The molecule has 1 saturated heterocycles. The maximum absolute atomic E-state index is 13.1. The van der Waals surface area contributed by atoms with Gasteiger partial charge in [0.05, 0.1) is 0 Å². The number of benzene rings is 1. The molecule has 0 N–H and O–H groups in total. The lowest BCUT2D eigenvalue weighted by Gasteiger charge is -2.37. The third-order valence-electron chi connectivity index (χ3n) is 5.38. The van der Waals surface area contributed by atoms with Gasteiger partial charge in [0, 0.05) is 26.2 Å². The summed E-state index contributed by atoms with van der Waals surface area (Å²) in [4.78, 5) is 29.8. The fourth-order valence-electron chi connectivity index (χ4n) is 3.82. The Morgan fingerprint density at radius 2 is 1.42 bits per heavy atom. The van der Waals surface area contributed by atoms with Crippen molar-refractivity contribution in [3.05, 3.63) is 35.4 Å². The van der Waals surface area contributed by atoms with Crippen molar-refractivity contribution in [1.82, 2.24) is 9.80 Å². The van der Waals surface area contributed by atoms with Crippen molar-refractivity contribution in [2.75, 3.05) is 19.6 Å². The van der Waals surface area contributed by atoms with Crippen molar-refractivity contribution < 1.29 is 9.59 Å². The monoisotopic (exact) mass is 328 g/mol. The SMILES string of the molecule is CC(C)(C(=O)N1CCCCCC1)C(=O)N1CCc2ccccc2C1. The molecular formula is C20H28N2O2. The number of carbonyl (C=O) groups excluding carboxylic acids is 2. The topological polar surface area (TPSA) is 40.6 Å². The van der Waals surface area contributed by atoms with Crippen LogP contribution < -0.4 is 0 Å².